The van der Waals surface area contributed by atoms with E-state index in [2.05, 4.69) is 15.0 Å². The van der Waals surface area contributed by atoms with Crippen LogP contribution in [0, 0.1) is 13.8 Å². The number of fused-ring (bicyclic) bond motifs is 1. The fraction of sp³-hybridized carbons (Fsp3) is 0.200. The number of rotatable bonds is 4. The standard InChI is InChI=1S/C20H19N3O4/c1-12-6-4-5-7-16(12)22-17(24)11-23-10-15(20(26)27-3)18(25)14-9-8-13(2)21-19(14)23/h4-10H,11H2,1-3H3,(H,22,24). The third-order valence-corrected chi connectivity index (χ3v) is 4.20. The summed E-state index contributed by atoms with van der Waals surface area (Å²) in [6.45, 7) is 3.58. The topological polar surface area (TPSA) is 90.3 Å². The summed E-state index contributed by atoms with van der Waals surface area (Å²) in [4.78, 5) is 41.4. The van der Waals surface area contributed by atoms with Gasteiger partial charge in [-0.15, -0.1) is 0 Å². The molecule has 0 aliphatic rings. The molecule has 0 saturated carbocycles. The molecule has 27 heavy (non-hydrogen) atoms. The molecule has 0 fully saturated rings. The molecule has 1 amide bonds. The van der Waals surface area contributed by atoms with E-state index < -0.39 is 11.4 Å². The van der Waals surface area contributed by atoms with Crippen molar-refractivity contribution in [3.05, 3.63) is 69.6 Å². The highest BCUT2D eigenvalue weighted by molar-refractivity contribution is 5.95. The van der Waals surface area contributed by atoms with E-state index in [9.17, 15) is 14.4 Å². The SMILES string of the molecule is COC(=O)c1cn(CC(=O)Nc2ccccc2C)c2nc(C)ccc2c1=O. The van der Waals surface area contributed by atoms with Crippen molar-refractivity contribution in [2.45, 2.75) is 20.4 Å². The van der Waals surface area contributed by atoms with Crippen molar-refractivity contribution in [3.63, 3.8) is 0 Å². The molecule has 2 aromatic heterocycles. The number of anilines is 1. The van der Waals surface area contributed by atoms with E-state index in [0.717, 1.165) is 5.56 Å². The molecule has 0 bridgehead atoms. The molecule has 1 N–H and O–H groups in total. The zero-order valence-corrected chi connectivity index (χ0v) is 15.3. The molecule has 0 radical (unpaired) electrons. The predicted octanol–water partition coefficient (Wildman–Crippen LogP) is 2.44. The summed E-state index contributed by atoms with van der Waals surface area (Å²) >= 11 is 0. The number of esters is 1. The Labute approximate surface area is 155 Å². The number of pyridine rings is 2. The molecule has 0 atom stereocenters. The Hall–Kier alpha value is -3.48. The largest absolute Gasteiger partial charge is 0.465 e. The highest BCUT2D eigenvalue weighted by Gasteiger charge is 2.18. The lowest BCUT2D eigenvalue weighted by atomic mass is 10.1. The number of nitrogens with zero attached hydrogens (tertiary/aromatic N) is 2. The fourth-order valence-electron chi connectivity index (χ4n) is 2.79. The van der Waals surface area contributed by atoms with Gasteiger partial charge in [0, 0.05) is 17.6 Å². The van der Waals surface area contributed by atoms with Gasteiger partial charge in [0.2, 0.25) is 11.3 Å². The minimum atomic E-state index is -0.754. The number of para-hydroxylation sites is 1. The van der Waals surface area contributed by atoms with Gasteiger partial charge in [0.25, 0.3) is 0 Å². The molecular weight excluding hydrogens is 346 g/mol. The van der Waals surface area contributed by atoms with E-state index in [1.807, 2.05) is 25.1 Å². The molecule has 0 aliphatic carbocycles. The lowest BCUT2D eigenvalue weighted by Crippen LogP contribution is -2.25. The number of nitrogens with one attached hydrogen (secondary N) is 1. The first kappa shape index (κ1) is 18.3. The number of hydrogen-bond acceptors (Lipinski definition) is 5. The Kier molecular flexibility index (Phi) is 5.03. The van der Waals surface area contributed by atoms with Crippen LogP contribution in [0.2, 0.25) is 0 Å². The van der Waals surface area contributed by atoms with Gasteiger partial charge in [0.1, 0.15) is 17.8 Å². The van der Waals surface area contributed by atoms with E-state index in [-0.39, 0.29) is 23.4 Å². The quantitative estimate of drug-likeness (QED) is 0.717. The van der Waals surface area contributed by atoms with E-state index in [0.29, 0.717) is 17.0 Å². The summed E-state index contributed by atoms with van der Waals surface area (Å²) in [6.07, 6.45) is 1.32. The molecule has 7 nitrogen and oxygen atoms in total. The van der Waals surface area contributed by atoms with Crippen LogP contribution in [0.5, 0.6) is 0 Å². The van der Waals surface area contributed by atoms with Crippen molar-refractivity contribution in [1.82, 2.24) is 9.55 Å². The van der Waals surface area contributed by atoms with Crippen LogP contribution in [-0.4, -0.2) is 28.5 Å². The lowest BCUT2D eigenvalue weighted by Gasteiger charge is -2.13. The number of benzene rings is 1. The fourth-order valence-corrected chi connectivity index (χ4v) is 2.79. The molecule has 0 aliphatic heterocycles. The Morgan fingerprint density at radius 2 is 1.89 bits per heavy atom. The average molecular weight is 365 g/mol. The van der Waals surface area contributed by atoms with Gasteiger partial charge in [0.15, 0.2) is 0 Å². The molecule has 7 heteroatoms. The van der Waals surface area contributed by atoms with Gasteiger partial charge in [-0.1, -0.05) is 18.2 Å². The number of carbonyl (C=O) groups is 2. The molecule has 0 spiro atoms. The van der Waals surface area contributed by atoms with E-state index in [1.54, 1.807) is 25.1 Å². The van der Waals surface area contributed by atoms with Crippen LogP contribution < -0.4 is 10.7 Å². The summed E-state index contributed by atoms with van der Waals surface area (Å²) in [7, 11) is 1.20. The van der Waals surface area contributed by atoms with Crippen molar-refractivity contribution < 1.29 is 14.3 Å². The maximum absolute atomic E-state index is 12.6. The maximum Gasteiger partial charge on any atom is 0.343 e. The number of amides is 1. The first-order valence-corrected chi connectivity index (χ1v) is 8.35. The molecule has 3 aromatic rings. The molecule has 3 rings (SSSR count). The van der Waals surface area contributed by atoms with Crippen molar-refractivity contribution >= 4 is 28.6 Å². The lowest BCUT2D eigenvalue weighted by molar-refractivity contribution is -0.116. The molecule has 1 aromatic carbocycles. The van der Waals surface area contributed by atoms with Crippen LogP contribution in [0.1, 0.15) is 21.6 Å². The molecular formula is C20H19N3O4. The molecule has 0 saturated heterocycles. The Balaban J connectivity index is 2.04. The van der Waals surface area contributed by atoms with Crippen LogP contribution in [0.25, 0.3) is 11.0 Å². The third-order valence-electron chi connectivity index (χ3n) is 4.20. The van der Waals surface area contributed by atoms with Crippen molar-refractivity contribution in [2.24, 2.45) is 0 Å². The van der Waals surface area contributed by atoms with Crippen molar-refractivity contribution in [2.75, 3.05) is 12.4 Å². The van der Waals surface area contributed by atoms with Crippen LogP contribution in [0.3, 0.4) is 0 Å². The second kappa shape index (κ2) is 7.41. The number of methoxy groups -OCH3 is 1. The molecule has 0 unspecified atom stereocenters. The van der Waals surface area contributed by atoms with E-state index in [1.165, 1.54) is 17.9 Å². The Morgan fingerprint density at radius 1 is 1.15 bits per heavy atom. The first-order chi connectivity index (χ1) is 12.9. The van der Waals surface area contributed by atoms with Gasteiger partial charge in [-0.2, -0.15) is 0 Å². The number of aromatic nitrogens is 2. The highest BCUT2D eigenvalue weighted by Crippen LogP contribution is 2.15. The van der Waals surface area contributed by atoms with Gasteiger partial charge in [-0.05, 0) is 37.6 Å². The maximum atomic E-state index is 12.6. The number of carbonyl (C=O) groups excluding carboxylic acids is 2. The first-order valence-electron chi connectivity index (χ1n) is 8.35. The highest BCUT2D eigenvalue weighted by atomic mass is 16.5. The van der Waals surface area contributed by atoms with Crippen LogP contribution in [0.15, 0.2) is 47.4 Å². The van der Waals surface area contributed by atoms with Crippen molar-refractivity contribution in [3.8, 4) is 0 Å². The number of hydrogen-bond donors (Lipinski definition) is 1. The number of ether oxygens (including phenoxy) is 1. The van der Waals surface area contributed by atoms with Crippen LogP contribution >= 0.6 is 0 Å². The van der Waals surface area contributed by atoms with Gasteiger partial charge in [-0.3, -0.25) is 9.59 Å². The normalized spacial score (nSPS) is 10.6. The van der Waals surface area contributed by atoms with Gasteiger partial charge < -0.3 is 14.6 Å². The second-order valence-electron chi connectivity index (χ2n) is 6.18. The van der Waals surface area contributed by atoms with Crippen LogP contribution in [0.4, 0.5) is 5.69 Å². The van der Waals surface area contributed by atoms with Crippen LogP contribution in [-0.2, 0) is 16.1 Å². The number of aryl methyl sites for hydroxylation is 2. The van der Waals surface area contributed by atoms with Gasteiger partial charge in [0.05, 0.1) is 12.5 Å². The van der Waals surface area contributed by atoms with Gasteiger partial charge in [-0.25, -0.2) is 9.78 Å². The van der Waals surface area contributed by atoms with Crippen molar-refractivity contribution in [1.29, 1.82) is 0 Å². The summed E-state index contributed by atoms with van der Waals surface area (Å²) in [5.74, 6) is -1.05. The predicted molar refractivity (Wildman–Crippen MR) is 102 cm³/mol. The van der Waals surface area contributed by atoms with Gasteiger partial charge >= 0.3 is 5.97 Å². The summed E-state index contributed by atoms with van der Waals surface area (Å²) in [5.41, 5.74) is 2.05. The average Bonchev–Trinajstić information content (AvgIpc) is 2.65. The summed E-state index contributed by atoms with van der Waals surface area (Å²) < 4.78 is 6.18. The minimum absolute atomic E-state index is 0.106. The summed E-state index contributed by atoms with van der Waals surface area (Å²) in [5, 5.41) is 3.09. The second-order valence-corrected chi connectivity index (χ2v) is 6.18. The monoisotopic (exact) mass is 365 g/mol. The van der Waals surface area contributed by atoms with E-state index in [4.69, 9.17) is 0 Å². The smallest absolute Gasteiger partial charge is 0.343 e. The minimum Gasteiger partial charge on any atom is -0.465 e. The third kappa shape index (κ3) is 3.72. The molecule has 138 valence electrons. The molecule has 2 heterocycles. The van der Waals surface area contributed by atoms with E-state index >= 15 is 0 Å². The summed E-state index contributed by atoms with van der Waals surface area (Å²) in [6, 6.07) is 10.7. The Morgan fingerprint density at radius 3 is 2.59 bits per heavy atom. The Bertz CT molecular complexity index is 1100. The zero-order chi connectivity index (χ0) is 19.6. The zero-order valence-electron chi connectivity index (χ0n) is 15.3.